The fourth-order valence-electron chi connectivity index (χ4n) is 2.16. The van der Waals surface area contributed by atoms with Crippen molar-refractivity contribution in [2.24, 2.45) is 0 Å². The van der Waals surface area contributed by atoms with Crippen LogP contribution in [0.25, 0.3) is 0 Å². The summed E-state index contributed by atoms with van der Waals surface area (Å²) >= 11 is 3.66. The average Bonchev–Trinajstić information content (AvgIpc) is 2.53. The van der Waals surface area contributed by atoms with Gasteiger partial charge in [-0.05, 0) is 30.0 Å². The minimum atomic E-state index is -0.412. The Bertz CT molecular complexity index is 616. The maximum absolute atomic E-state index is 11.0. The lowest BCUT2D eigenvalue weighted by Gasteiger charge is -2.10. The molecule has 0 amide bonds. The van der Waals surface area contributed by atoms with Gasteiger partial charge in [-0.25, -0.2) is 0 Å². The monoisotopic (exact) mass is 349 g/mol. The highest BCUT2D eigenvalue weighted by molar-refractivity contribution is 9.09. The van der Waals surface area contributed by atoms with Crippen molar-refractivity contribution < 1.29 is 9.66 Å². The Kier molecular flexibility index (Phi) is 5.33. The SMILES string of the molecule is COc1ccc(CCC(Br)c2ccccc2)cc1[N+](=O)[O-]. The van der Waals surface area contributed by atoms with Gasteiger partial charge in [0.2, 0.25) is 0 Å². The van der Waals surface area contributed by atoms with Gasteiger partial charge in [0, 0.05) is 10.9 Å². The Labute approximate surface area is 132 Å². The third-order valence-electron chi connectivity index (χ3n) is 3.29. The van der Waals surface area contributed by atoms with Crippen molar-refractivity contribution in [3.8, 4) is 5.75 Å². The second-order valence-corrected chi connectivity index (χ2v) is 5.79. The van der Waals surface area contributed by atoms with E-state index in [4.69, 9.17) is 4.74 Å². The molecule has 5 heteroatoms. The van der Waals surface area contributed by atoms with Crippen molar-refractivity contribution in [2.75, 3.05) is 7.11 Å². The van der Waals surface area contributed by atoms with E-state index in [1.807, 2.05) is 24.3 Å². The van der Waals surface area contributed by atoms with Crippen molar-refractivity contribution in [3.05, 3.63) is 69.8 Å². The molecule has 0 saturated heterocycles. The number of methoxy groups -OCH3 is 1. The van der Waals surface area contributed by atoms with Gasteiger partial charge in [-0.2, -0.15) is 0 Å². The Hall–Kier alpha value is -1.88. The number of alkyl halides is 1. The van der Waals surface area contributed by atoms with E-state index in [2.05, 4.69) is 28.1 Å². The van der Waals surface area contributed by atoms with Gasteiger partial charge in [-0.15, -0.1) is 0 Å². The number of hydrogen-bond acceptors (Lipinski definition) is 3. The van der Waals surface area contributed by atoms with Gasteiger partial charge in [-0.3, -0.25) is 10.1 Å². The topological polar surface area (TPSA) is 52.4 Å². The normalized spacial score (nSPS) is 11.9. The zero-order valence-corrected chi connectivity index (χ0v) is 13.2. The summed E-state index contributed by atoms with van der Waals surface area (Å²) in [4.78, 5) is 10.8. The fraction of sp³-hybridized carbons (Fsp3) is 0.250. The third-order valence-corrected chi connectivity index (χ3v) is 4.27. The van der Waals surface area contributed by atoms with Crippen LogP contribution in [0.4, 0.5) is 5.69 Å². The first-order valence-corrected chi connectivity index (χ1v) is 7.53. The maximum Gasteiger partial charge on any atom is 0.311 e. The number of rotatable bonds is 6. The lowest BCUT2D eigenvalue weighted by molar-refractivity contribution is -0.385. The van der Waals surface area contributed by atoms with Gasteiger partial charge in [-0.1, -0.05) is 52.3 Å². The highest BCUT2D eigenvalue weighted by Crippen LogP contribution is 2.31. The molecule has 1 unspecified atom stereocenters. The summed E-state index contributed by atoms with van der Waals surface area (Å²) in [6.45, 7) is 0. The second-order valence-electron chi connectivity index (χ2n) is 4.68. The van der Waals surface area contributed by atoms with Crippen molar-refractivity contribution in [3.63, 3.8) is 0 Å². The molecule has 0 aliphatic carbocycles. The fourth-order valence-corrected chi connectivity index (χ4v) is 2.69. The molecule has 2 rings (SSSR count). The highest BCUT2D eigenvalue weighted by atomic mass is 79.9. The molecule has 0 radical (unpaired) electrons. The number of ether oxygens (including phenoxy) is 1. The first kappa shape index (κ1) is 15.5. The van der Waals surface area contributed by atoms with Crippen LogP contribution in [0, 0.1) is 10.1 Å². The zero-order chi connectivity index (χ0) is 15.2. The molecule has 0 N–H and O–H groups in total. The van der Waals surface area contributed by atoms with Gasteiger partial charge >= 0.3 is 5.69 Å². The first-order chi connectivity index (χ1) is 10.1. The van der Waals surface area contributed by atoms with E-state index < -0.39 is 4.92 Å². The minimum absolute atomic E-state index is 0.0147. The number of nitro benzene ring substituents is 1. The third kappa shape index (κ3) is 4.04. The zero-order valence-electron chi connectivity index (χ0n) is 11.7. The second kappa shape index (κ2) is 7.22. The lowest BCUT2D eigenvalue weighted by atomic mass is 10.0. The molecule has 0 bridgehead atoms. The van der Waals surface area contributed by atoms with E-state index in [9.17, 15) is 10.1 Å². The lowest BCUT2D eigenvalue weighted by Crippen LogP contribution is -1.97. The predicted octanol–water partition coefficient (Wildman–Crippen LogP) is 4.67. The number of aryl methyl sites for hydroxylation is 1. The molecule has 2 aromatic rings. The van der Waals surface area contributed by atoms with Crippen LogP contribution in [-0.2, 0) is 6.42 Å². The molecule has 0 aliphatic rings. The first-order valence-electron chi connectivity index (χ1n) is 6.62. The number of halogens is 1. The van der Waals surface area contributed by atoms with E-state index in [0.29, 0.717) is 5.75 Å². The molecule has 1 atom stereocenters. The summed E-state index contributed by atoms with van der Waals surface area (Å²) in [5.74, 6) is 0.294. The van der Waals surface area contributed by atoms with E-state index in [1.165, 1.54) is 12.7 Å². The van der Waals surface area contributed by atoms with Gasteiger partial charge in [0.25, 0.3) is 0 Å². The molecular formula is C16H16BrNO3. The van der Waals surface area contributed by atoms with E-state index >= 15 is 0 Å². The molecule has 0 spiro atoms. The van der Waals surface area contributed by atoms with Crippen molar-refractivity contribution in [2.45, 2.75) is 17.7 Å². The number of nitro groups is 1. The number of hydrogen-bond donors (Lipinski definition) is 0. The summed E-state index contributed by atoms with van der Waals surface area (Å²) in [5, 5.41) is 11.0. The van der Waals surface area contributed by atoms with E-state index in [0.717, 1.165) is 18.4 Å². The van der Waals surface area contributed by atoms with Gasteiger partial charge in [0.1, 0.15) is 0 Å². The van der Waals surface area contributed by atoms with Gasteiger partial charge < -0.3 is 4.74 Å². The summed E-state index contributed by atoms with van der Waals surface area (Å²) in [6.07, 6.45) is 1.63. The van der Waals surface area contributed by atoms with Crippen molar-refractivity contribution in [1.29, 1.82) is 0 Å². The predicted molar refractivity (Wildman–Crippen MR) is 86.1 cm³/mol. The Morgan fingerprint density at radius 2 is 1.95 bits per heavy atom. The summed E-state index contributed by atoms with van der Waals surface area (Å²) in [7, 11) is 1.44. The Morgan fingerprint density at radius 3 is 2.57 bits per heavy atom. The minimum Gasteiger partial charge on any atom is -0.490 e. The smallest absolute Gasteiger partial charge is 0.311 e. The molecule has 2 aromatic carbocycles. The molecule has 21 heavy (non-hydrogen) atoms. The maximum atomic E-state index is 11.0. The molecule has 0 saturated carbocycles. The van der Waals surface area contributed by atoms with Crippen molar-refractivity contribution in [1.82, 2.24) is 0 Å². The molecule has 110 valence electrons. The quantitative estimate of drug-likeness (QED) is 0.432. The van der Waals surface area contributed by atoms with Crippen LogP contribution in [0.15, 0.2) is 48.5 Å². The Balaban J connectivity index is 2.07. The molecule has 0 fully saturated rings. The van der Waals surface area contributed by atoms with Gasteiger partial charge in [0.15, 0.2) is 5.75 Å². The summed E-state index contributed by atoms with van der Waals surface area (Å²) in [6, 6.07) is 15.2. The van der Waals surface area contributed by atoms with E-state index in [1.54, 1.807) is 12.1 Å². The molecule has 0 heterocycles. The van der Waals surface area contributed by atoms with Crippen LogP contribution >= 0.6 is 15.9 Å². The van der Waals surface area contributed by atoms with Gasteiger partial charge in [0.05, 0.1) is 12.0 Å². The molecule has 0 aromatic heterocycles. The summed E-state index contributed by atoms with van der Waals surface area (Å²) in [5.41, 5.74) is 2.16. The van der Waals surface area contributed by atoms with Crippen LogP contribution in [-0.4, -0.2) is 12.0 Å². The summed E-state index contributed by atoms with van der Waals surface area (Å²) < 4.78 is 5.01. The highest BCUT2D eigenvalue weighted by Gasteiger charge is 2.15. The van der Waals surface area contributed by atoms with Crippen molar-refractivity contribution >= 4 is 21.6 Å². The van der Waals surface area contributed by atoms with Crippen LogP contribution < -0.4 is 4.74 Å². The van der Waals surface area contributed by atoms with E-state index in [-0.39, 0.29) is 10.5 Å². The molecule has 4 nitrogen and oxygen atoms in total. The Morgan fingerprint density at radius 1 is 1.24 bits per heavy atom. The molecular weight excluding hydrogens is 334 g/mol. The van der Waals surface area contributed by atoms with Crippen LogP contribution in [0.1, 0.15) is 22.4 Å². The van der Waals surface area contributed by atoms with Crippen LogP contribution in [0.3, 0.4) is 0 Å². The standard InChI is InChI=1S/C16H16BrNO3/c1-21-16-10-8-12(11-15(16)18(19)20)7-9-14(17)13-5-3-2-4-6-13/h2-6,8,10-11,14H,7,9H2,1H3. The van der Waals surface area contributed by atoms with Crippen LogP contribution in [0.5, 0.6) is 5.75 Å². The average molecular weight is 350 g/mol. The molecule has 0 aliphatic heterocycles. The number of benzene rings is 2. The number of nitrogens with zero attached hydrogens (tertiary/aromatic N) is 1. The largest absolute Gasteiger partial charge is 0.490 e. The van der Waals surface area contributed by atoms with Crippen LogP contribution in [0.2, 0.25) is 0 Å².